The highest BCUT2D eigenvalue weighted by Crippen LogP contribution is 2.17. The molecular weight excluding hydrogens is 228 g/mol. The zero-order valence-electron chi connectivity index (χ0n) is 12.2. The Balaban J connectivity index is 2.83. The number of hydrogen-bond donors (Lipinski definition) is 1. The fourth-order valence-corrected chi connectivity index (χ4v) is 2.25. The molecule has 0 saturated carbocycles. The Bertz CT molecular complexity index is 313. The quantitative estimate of drug-likeness (QED) is 0.831. The summed E-state index contributed by atoms with van der Waals surface area (Å²) >= 11 is 0. The van der Waals surface area contributed by atoms with Crippen LogP contribution in [0.25, 0.3) is 0 Å². The second-order valence-electron chi connectivity index (χ2n) is 6.06. The van der Waals surface area contributed by atoms with Gasteiger partial charge >= 0.3 is 0 Å². The molecule has 0 aromatic heterocycles. The molecule has 0 radical (unpaired) electrons. The standard InChI is InChI=1S/C14H26N2O2/c1-9(2)6-7-16-11(5)8-12(17)15-13(10(3)4)14(16)18/h9-11,13H,6-8H2,1-5H3,(H,15,17). The summed E-state index contributed by atoms with van der Waals surface area (Å²) < 4.78 is 0. The lowest BCUT2D eigenvalue weighted by molar-refractivity contribution is -0.136. The van der Waals surface area contributed by atoms with Crippen LogP contribution in [0, 0.1) is 11.8 Å². The molecule has 2 unspecified atom stereocenters. The molecule has 2 atom stereocenters. The number of hydrogen-bond acceptors (Lipinski definition) is 2. The van der Waals surface area contributed by atoms with Gasteiger partial charge < -0.3 is 10.2 Å². The molecule has 4 nitrogen and oxygen atoms in total. The molecule has 1 N–H and O–H groups in total. The van der Waals surface area contributed by atoms with E-state index in [-0.39, 0.29) is 29.8 Å². The first-order valence-electron chi connectivity index (χ1n) is 6.92. The Hall–Kier alpha value is -1.06. The molecule has 0 spiro atoms. The Morgan fingerprint density at radius 3 is 2.39 bits per heavy atom. The summed E-state index contributed by atoms with van der Waals surface area (Å²) in [7, 11) is 0. The van der Waals surface area contributed by atoms with E-state index in [0.717, 1.165) is 13.0 Å². The van der Waals surface area contributed by atoms with Gasteiger partial charge in [-0.15, -0.1) is 0 Å². The third kappa shape index (κ3) is 3.72. The van der Waals surface area contributed by atoms with Crippen LogP contribution in [-0.4, -0.2) is 35.3 Å². The lowest BCUT2D eigenvalue weighted by Crippen LogP contribution is -2.49. The molecule has 4 heteroatoms. The van der Waals surface area contributed by atoms with E-state index in [1.54, 1.807) is 0 Å². The van der Waals surface area contributed by atoms with Crippen molar-refractivity contribution >= 4 is 11.8 Å². The molecule has 1 rings (SSSR count). The van der Waals surface area contributed by atoms with Crippen molar-refractivity contribution in [3.63, 3.8) is 0 Å². The van der Waals surface area contributed by atoms with E-state index in [4.69, 9.17) is 0 Å². The van der Waals surface area contributed by atoms with Gasteiger partial charge in [0.15, 0.2) is 0 Å². The van der Waals surface area contributed by atoms with Crippen LogP contribution in [0.4, 0.5) is 0 Å². The maximum atomic E-state index is 12.5. The van der Waals surface area contributed by atoms with Crippen LogP contribution < -0.4 is 5.32 Å². The van der Waals surface area contributed by atoms with E-state index in [1.165, 1.54) is 0 Å². The van der Waals surface area contributed by atoms with Crippen molar-refractivity contribution in [2.75, 3.05) is 6.54 Å². The summed E-state index contributed by atoms with van der Waals surface area (Å²) in [6, 6.07) is -0.366. The van der Waals surface area contributed by atoms with Crippen LogP contribution in [0.2, 0.25) is 0 Å². The minimum atomic E-state index is -0.366. The van der Waals surface area contributed by atoms with E-state index in [9.17, 15) is 9.59 Å². The number of carbonyl (C=O) groups excluding carboxylic acids is 2. The molecule has 0 aromatic carbocycles. The van der Waals surface area contributed by atoms with Gasteiger partial charge in [0.25, 0.3) is 0 Å². The average molecular weight is 254 g/mol. The van der Waals surface area contributed by atoms with Gasteiger partial charge in [-0.2, -0.15) is 0 Å². The van der Waals surface area contributed by atoms with E-state index in [2.05, 4.69) is 19.2 Å². The maximum Gasteiger partial charge on any atom is 0.245 e. The highest BCUT2D eigenvalue weighted by atomic mass is 16.2. The monoisotopic (exact) mass is 254 g/mol. The smallest absolute Gasteiger partial charge is 0.245 e. The summed E-state index contributed by atoms with van der Waals surface area (Å²) in [5.41, 5.74) is 0. The lowest BCUT2D eigenvalue weighted by Gasteiger charge is -2.30. The van der Waals surface area contributed by atoms with Crippen LogP contribution in [-0.2, 0) is 9.59 Å². The second kappa shape index (κ2) is 6.21. The van der Waals surface area contributed by atoms with Crippen LogP contribution in [0.5, 0.6) is 0 Å². The predicted molar refractivity (Wildman–Crippen MR) is 72.0 cm³/mol. The van der Waals surface area contributed by atoms with Crippen molar-refractivity contribution in [3.8, 4) is 0 Å². The molecule has 104 valence electrons. The SMILES string of the molecule is CC(C)CCN1C(=O)C(C(C)C)NC(=O)CC1C. The highest BCUT2D eigenvalue weighted by Gasteiger charge is 2.35. The first kappa shape index (κ1) is 15.0. The number of amides is 2. The van der Waals surface area contributed by atoms with E-state index in [0.29, 0.717) is 12.3 Å². The molecule has 2 amide bonds. The fourth-order valence-electron chi connectivity index (χ4n) is 2.25. The summed E-state index contributed by atoms with van der Waals surface area (Å²) in [6.45, 7) is 10.9. The Kier molecular flexibility index (Phi) is 5.17. The number of nitrogens with one attached hydrogen (secondary N) is 1. The molecule has 1 saturated heterocycles. The van der Waals surface area contributed by atoms with Gasteiger partial charge in [0.2, 0.25) is 11.8 Å². The Labute approximate surface area is 110 Å². The van der Waals surface area contributed by atoms with E-state index < -0.39 is 0 Å². The Morgan fingerprint density at radius 2 is 1.89 bits per heavy atom. The predicted octanol–water partition coefficient (Wildman–Crippen LogP) is 1.79. The number of rotatable bonds is 4. The van der Waals surface area contributed by atoms with Gasteiger partial charge in [0.05, 0.1) is 0 Å². The Morgan fingerprint density at radius 1 is 1.28 bits per heavy atom. The molecule has 1 aliphatic heterocycles. The van der Waals surface area contributed by atoms with E-state index >= 15 is 0 Å². The van der Waals surface area contributed by atoms with Gasteiger partial charge in [-0.3, -0.25) is 9.59 Å². The highest BCUT2D eigenvalue weighted by molar-refractivity contribution is 5.90. The largest absolute Gasteiger partial charge is 0.344 e. The maximum absolute atomic E-state index is 12.5. The van der Waals surface area contributed by atoms with Gasteiger partial charge in [0.1, 0.15) is 6.04 Å². The molecule has 18 heavy (non-hydrogen) atoms. The second-order valence-corrected chi connectivity index (χ2v) is 6.06. The topological polar surface area (TPSA) is 49.4 Å². The molecule has 0 aromatic rings. The van der Waals surface area contributed by atoms with E-state index in [1.807, 2.05) is 25.7 Å². The summed E-state index contributed by atoms with van der Waals surface area (Å²) in [5.74, 6) is 0.758. The third-order valence-corrected chi connectivity index (χ3v) is 3.49. The van der Waals surface area contributed by atoms with Gasteiger partial charge in [0, 0.05) is 19.0 Å². The van der Waals surface area contributed by atoms with Crippen molar-refractivity contribution in [2.24, 2.45) is 11.8 Å². The molecule has 1 aliphatic rings. The molecule has 1 fully saturated rings. The van der Waals surface area contributed by atoms with Gasteiger partial charge in [-0.1, -0.05) is 27.7 Å². The van der Waals surface area contributed by atoms with Crippen molar-refractivity contribution in [1.82, 2.24) is 10.2 Å². The van der Waals surface area contributed by atoms with Gasteiger partial charge in [-0.25, -0.2) is 0 Å². The zero-order valence-corrected chi connectivity index (χ0v) is 12.2. The van der Waals surface area contributed by atoms with Crippen LogP contribution in [0.15, 0.2) is 0 Å². The molecule has 0 bridgehead atoms. The first-order chi connectivity index (χ1) is 8.32. The van der Waals surface area contributed by atoms with Crippen molar-refractivity contribution in [1.29, 1.82) is 0 Å². The fraction of sp³-hybridized carbons (Fsp3) is 0.857. The average Bonchev–Trinajstić information content (AvgIpc) is 2.34. The van der Waals surface area contributed by atoms with Crippen molar-refractivity contribution < 1.29 is 9.59 Å². The minimum Gasteiger partial charge on any atom is -0.344 e. The van der Waals surface area contributed by atoms with Crippen LogP contribution >= 0.6 is 0 Å². The first-order valence-corrected chi connectivity index (χ1v) is 6.92. The number of carbonyl (C=O) groups is 2. The van der Waals surface area contributed by atoms with Crippen molar-refractivity contribution in [2.45, 2.75) is 59.5 Å². The summed E-state index contributed by atoms with van der Waals surface area (Å²) in [6.07, 6.45) is 1.39. The normalized spacial score (nSPS) is 25.6. The lowest BCUT2D eigenvalue weighted by atomic mass is 10.0. The summed E-state index contributed by atoms with van der Waals surface area (Å²) in [4.78, 5) is 26.1. The van der Waals surface area contributed by atoms with Crippen molar-refractivity contribution in [3.05, 3.63) is 0 Å². The zero-order chi connectivity index (χ0) is 13.9. The van der Waals surface area contributed by atoms with Crippen LogP contribution in [0.3, 0.4) is 0 Å². The molecule has 1 heterocycles. The van der Waals surface area contributed by atoms with Crippen LogP contribution in [0.1, 0.15) is 47.5 Å². The minimum absolute atomic E-state index is 0.000000000000000222. The third-order valence-electron chi connectivity index (χ3n) is 3.49. The number of nitrogens with zero attached hydrogens (tertiary/aromatic N) is 1. The summed E-state index contributed by atoms with van der Waals surface area (Å²) in [5, 5.41) is 2.85. The molecule has 0 aliphatic carbocycles. The van der Waals surface area contributed by atoms with Gasteiger partial charge in [-0.05, 0) is 25.2 Å². The molecular formula is C14H26N2O2.